The smallest absolute Gasteiger partial charge is 0.255 e. The zero-order chi connectivity index (χ0) is 18.8. The number of rotatable bonds is 3. The van der Waals surface area contributed by atoms with Crippen LogP contribution < -0.4 is 11.1 Å². The van der Waals surface area contributed by atoms with Crippen LogP contribution in [0.1, 0.15) is 53.6 Å². The van der Waals surface area contributed by atoms with Crippen molar-refractivity contribution < 1.29 is 14.4 Å². The van der Waals surface area contributed by atoms with Crippen molar-refractivity contribution in [2.45, 2.75) is 62.8 Å². The van der Waals surface area contributed by atoms with E-state index >= 15 is 0 Å². The van der Waals surface area contributed by atoms with E-state index in [1.54, 1.807) is 4.90 Å². The number of piperidine rings is 2. The SMILES string of the molecule is NC12CCCN(Cc3cccc4c3CN(C3CCC(=O)NC3=O)C4=O)C1C2. The molecule has 7 heteroatoms. The van der Waals surface area contributed by atoms with Crippen LogP contribution in [0.15, 0.2) is 18.2 Å². The Morgan fingerprint density at radius 3 is 2.93 bits per heavy atom. The van der Waals surface area contributed by atoms with Crippen molar-refractivity contribution in [1.82, 2.24) is 15.1 Å². The van der Waals surface area contributed by atoms with Gasteiger partial charge in [0.1, 0.15) is 6.04 Å². The van der Waals surface area contributed by atoms with E-state index in [0.29, 0.717) is 24.6 Å². The Morgan fingerprint density at radius 2 is 2.11 bits per heavy atom. The van der Waals surface area contributed by atoms with Crippen LogP contribution in [0, 0.1) is 0 Å². The predicted molar refractivity (Wildman–Crippen MR) is 97.5 cm³/mol. The average molecular weight is 368 g/mol. The number of likely N-dealkylation sites (tertiary alicyclic amines) is 1. The van der Waals surface area contributed by atoms with Crippen LogP contribution in [0.2, 0.25) is 0 Å². The highest BCUT2D eigenvalue weighted by molar-refractivity contribution is 6.05. The number of nitrogens with zero attached hydrogens (tertiary/aromatic N) is 2. The van der Waals surface area contributed by atoms with E-state index in [4.69, 9.17) is 5.73 Å². The average Bonchev–Trinajstić information content (AvgIpc) is 3.23. The van der Waals surface area contributed by atoms with Crippen LogP contribution >= 0.6 is 0 Å². The summed E-state index contributed by atoms with van der Waals surface area (Å²) in [4.78, 5) is 40.6. The van der Waals surface area contributed by atoms with E-state index < -0.39 is 6.04 Å². The van der Waals surface area contributed by atoms with Crippen molar-refractivity contribution in [3.05, 3.63) is 34.9 Å². The molecular formula is C20H24N4O3. The first kappa shape index (κ1) is 16.9. The number of amides is 3. The molecule has 2 saturated heterocycles. The van der Waals surface area contributed by atoms with Crippen molar-refractivity contribution in [3.63, 3.8) is 0 Å². The second-order valence-electron chi connectivity index (χ2n) is 8.37. The van der Waals surface area contributed by atoms with Crippen LogP contribution in [0.25, 0.3) is 0 Å². The Bertz CT molecular complexity index is 854. The van der Waals surface area contributed by atoms with Crippen molar-refractivity contribution in [1.29, 1.82) is 0 Å². The molecule has 7 nitrogen and oxygen atoms in total. The second-order valence-corrected chi connectivity index (χ2v) is 8.37. The van der Waals surface area contributed by atoms with Gasteiger partial charge in [0.05, 0.1) is 0 Å². The molecule has 0 aromatic heterocycles. The fourth-order valence-electron chi connectivity index (χ4n) is 5.04. The third-order valence-electron chi connectivity index (χ3n) is 6.66. The standard InChI is InChI=1S/C20H24N4O3/c21-20-7-2-8-23(16(20)9-20)10-12-3-1-4-13-14(12)11-24(19(13)27)15-5-6-17(25)22-18(15)26/h1,3-4,15-16H,2,5-11,21H2,(H,22,25,26). The highest BCUT2D eigenvalue weighted by Gasteiger charge is 2.55. The summed E-state index contributed by atoms with van der Waals surface area (Å²) in [6.45, 7) is 2.27. The molecule has 1 aromatic rings. The molecule has 3 fully saturated rings. The van der Waals surface area contributed by atoms with E-state index in [1.165, 1.54) is 0 Å². The minimum atomic E-state index is -0.564. The van der Waals surface area contributed by atoms with Gasteiger partial charge >= 0.3 is 0 Å². The molecule has 27 heavy (non-hydrogen) atoms. The van der Waals surface area contributed by atoms with Gasteiger partial charge in [-0.25, -0.2) is 0 Å². The van der Waals surface area contributed by atoms with Gasteiger partial charge in [0.15, 0.2) is 0 Å². The largest absolute Gasteiger partial charge is 0.324 e. The molecular weight excluding hydrogens is 344 g/mol. The first-order valence-electron chi connectivity index (χ1n) is 9.75. The Kier molecular flexibility index (Phi) is 3.67. The highest BCUT2D eigenvalue weighted by Crippen LogP contribution is 2.46. The molecule has 3 unspecified atom stereocenters. The molecule has 5 rings (SSSR count). The number of imide groups is 1. The number of fused-ring (bicyclic) bond motifs is 2. The summed E-state index contributed by atoms with van der Waals surface area (Å²) in [5.74, 6) is -0.739. The number of benzene rings is 1. The first-order valence-corrected chi connectivity index (χ1v) is 9.75. The number of carbonyl (C=O) groups is 3. The number of carbonyl (C=O) groups excluding carboxylic acids is 3. The van der Waals surface area contributed by atoms with Gasteiger partial charge in [-0.1, -0.05) is 12.1 Å². The molecule has 1 aromatic carbocycles. The lowest BCUT2D eigenvalue weighted by Gasteiger charge is -2.31. The van der Waals surface area contributed by atoms with Crippen LogP contribution in [-0.4, -0.2) is 51.7 Å². The fourth-order valence-corrected chi connectivity index (χ4v) is 5.04. The van der Waals surface area contributed by atoms with Crippen molar-refractivity contribution in [2.75, 3.05) is 6.54 Å². The van der Waals surface area contributed by atoms with Crippen molar-refractivity contribution >= 4 is 17.7 Å². The lowest BCUT2D eigenvalue weighted by atomic mass is 10.0. The van der Waals surface area contributed by atoms with Crippen LogP contribution in [-0.2, 0) is 22.7 Å². The predicted octanol–water partition coefficient (Wildman–Crippen LogP) is 0.513. The highest BCUT2D eigenvalue weighted by atomic mass is 16.2. The molecule has 142 valence electrons. The zero-order valence-corrected chi connectivity index (χ0v) is 15.2. The maximum atomic E-state index is 12.9. The molecule has 4 aliphatic rings. The topological polar surface area (TPSA) is 95.7 Å². The summed E-state index contributed by atoms with van der Waals surface area (Å²) in [7, 11) is 0. The molecule has 3 amide bonds. The lowest BCUT2D eigenvalue weighted by Crippen LogP contribution is -2.52. The van der Waals surface area contributed by atoms with Gasteiger partial charge < -0.3 is 10.6 Å². The van der Waals surface area contributed by atoms with Gasteiger partial charge in [0.2, 0.25) is 11.8 Å². The normalized spacial score (nSPS) is 32.9. The van der Waals surface area contributed by atoms with Crippen molar-refractivity contribution in [2.24, 2.45) is 5.73 Å². The Labute approximate surface area is 157 Å². The molecule has 1 saturated carbocycles. The summed E-state index contributed by atoms with van der Waals surface area (Å²) >= 11 is 0. The van der Waals surface area contributed by atoms with E-state index in [9.17, 15) is 14.4 Å². The molecule has 0 bridgehead atoms. The van der Waals surface area contributed by atoms with Crippen molar-refractivity contribution in [3.8, 4) is 0 Å². The van der Waals surface area contributed by atoms with Gasteiger partial charge in [-0.15, -0.1) is 0 Å². The summed E-state index contributed by atoms with van der Waals surface area (Å²) in [6, 6.07) is 5.73. The Hall–Kier alpha value is -2.25. The van der Waals surface area contributed by atoms with Gasteiger partial charge in [-0.3, -0.25) is 24.6 Å². The number of hydrogen-bond donors (Lipinski definition) is 2. The molecule has 3 aliphatic heterocycles. The molecule has 1 aliphatic carbocycles. The molecule has 3 N–H and O–H groups in total. The van der Waals surface area contributed by atoms with Gasteiger partial charge in [-0.2, -0.15) is 0 Å². The van der Waals surface area contributed by atoms with Gasteiger partial charge in [-0.05, 0) is 49.4 Å². The zero-order valence-electron chi connectivity index (χ0n) is 15.2. The fraction of sp³-hybridized carbons (Fsp3) is 0.550. The first-order chi connectivity index (χ1) is 13.0. The molecule has 3 heterocycles. The van der Waals surface area contributed by atoms with E-state index in [1.807, 2.05) is 12.1 Å². The summed E-state index contributed by atoms with van der Waals surface area (Å²) in [5, 5.41) is 2.36. The summed E-state index contributed by atoms with van der Waals surface area (Å²) < 4.78 is 0. The maximum absolute atomic E-state index is 12.9. The molecule has 0 radical (unpaired) electrons. The second kappa shape index (κ2) is 5.87. The third kappa shape index (κ3) is 2.68. The van der Waals surface area contributed by atoms with E-state index in [0.717, 1.165) is 43.5 Å². The van der Waals surface area contributed by atoms with Crippen LogP contribution in [0.5, 0.6) is 0 Å². The number of nitrogens with two attached hydrogens (primary N) is 1. The van der Waals surface area contributed by atoms with E-state index in [2.05, 4.69) is 16.3 Å². The molecule has 3 atom stereocenters. The maximum Gasteiger partial charge on any atom is 0.255 e. The Morgan fingerprint density at radius 1 is 1.26 bits per heavy atom. The lowest BCUT2D eigenvalue weighted by molar-refractivity contribution is -0.136. The van der Waals surface area contributed by atoms with Gasteiger partial charge in [0, 0.05) is 36.7 Å². The van der Waals surface area contributed by atoms with Gasteiger partial charge in [0.25, 0.3) is 5.91 Å². The van der Waals surface area contributed by atoms with Crippen LogP contribution in [0.4, 0.5) is 0 Å². The number of nitrogens with one attached hydrogen (secondary N) is 1. The third-order valence-corrected chi connectivity index (χ3v) is 6.66. The quantitative estimate of drug-likeness (QED) is 0.758. The number of hydrogen-bond acceptors (Lipinski definition) is 5. The summed E-state index contributed by atoms with van der Waals surface area (Å²) in [5.41, 5.74) is 9.24. The monoisotopic (exact) mass is 368 g/mol. The Balaban J connectivity index is 1.38. The summed E-state index contributed by atoms with van der Waals surface area (Å²) in [6.07, 6.45) is 3.94. The van der Waals surface area contributed by atoms with E-state index in [-0.39, 0.29) is 29.7 Å². The van der Waals surface area contributed by atoms with Crippen LogP contribution in [0.3, 0.4) is 0 Å². The minimum absolute atomic E-state index is 0.00915. The molecule has 0 spiro atoms. The minimum Gasteiger partial charge on any atom is -0.324 e.